The van der Waals surface area contributed by atoms with Crippen molar-refractivity contribution in [2.45, 2.75) is 12.4 Å². The Balaban J connectivity index is 1.82. The van der Waals surface area contributed by atoms with Gasteiger partial charge < -0.3 is 0 Å². The number of hydrogen-bond donors (Lipinski definition) is 0. The van der Waals surface area contributed by atoms with Crippen LogP contribution in [0.2, 0.25) is 0 Å². The summed E-state index contributed by atoms with van der Waals surface area (Å²) in [5.74, 6) is -2.93. The number of fused-ring (bicyclic) bond motifs is 2. The minimum absolute atomic E-state index is 0.185. The molecule has 0 saturated heterocycles. The van der Waals surface area contributed by atoms with Gasteiger partial charge in [-0.15, -0.1) is 0 Å². The zero-order valence-electron chi connectivity index (χ0n) is 31.7. The largest absolute Gasteiger partial charge is 0.416 e. The summed E-state index contributed by atoms with van der Waals surface area (Å²) in [6, 6.07) is 21.6. The number of allylic oxidation sites excluding steroid dienone is 7. The fourth-order valence-corrected chi connectivity index (χ4v) is 7.63. The first kappa shape index (κ1) is 42.5. The third-order valence-electron chi connectivity index (χ3n) is 10.2. The van der Waals surface area contributed by atoms with Gasteiger partial charge in [0.05, 0.1) is 70.8 Å². The first-order valence-electron chi connectivity index (χ1n) is 17.8. The highest BCUT2D eigenvalue weighted by Crippen LogP contribution is 2.61. The lowest BCUT2D eigenvalue weighted by molar-refractivity contribution is -0.138. The number of benzene rings is 5. The Hall–Kier alpha value is -9.58. The molecule has 0 atom stereocenters. The molecular formula is C48H14F8N8. The summed E-state index contributed by atoms with van der Waals surface area (Å²) in [6.45, 7) is 23.4. The normalized spacial score (nSPS) is 14.4. The molecular weight excluding hydrogens is 841 g/mol. The Morgan fingerprint density at radius 1 is 0.469 bits per heavy atom. The summed E-state index contributed by atoms with van der Waals surface area (Å²) in [4.78, 5) is 10.0. The monoisotopic (exact) mass is 854 g/mol. The van der Waals surface area contributed by atoms with Crippen molar-refractivity contribution in [2.75, 3.05) is 0 Å². The van der Waals surface area contributed by atoms with Gasteiger partial charge >= 0.3 is 12.4 Å². The highest BCUT2D eigenvalue weighted by atomic mass is 19.4. The van der Waals surface area contributed by atoms with Gasteiger partial charge in [0.15, 0.2) is 17.2 Å². The molecule has 0 N–H and O–H groups in total. The van der Waals surface area contributed by atoms with E-state index in [0.717, 1.165) is 60.7 Å². The molecule has 2 aliphatic carbocycles. The first-order chi connectivity index (χ1) is 30.5. The van der Waals surface area contributed by atoms with Crippen molar-refractivity contribution in [3.63, 3.8) is 0 Å². The van der Waals surface area contributed by atoms with Crippen LogP contribution < -0.4 is 0 Å². The standard InChI is InChI=1S/C48H14F8N8/c1-62-31-15-28(16-32(17-31)63-2)34(21-60)40-42-36(25-4-8-29(9-5-25)47(51,52)53)38-35(22-61)44(49)39(33(20-59)27-13-23(18-57)12-24(14-27)19-58)41(38)37(43(42)46(64-3)45(40)50)26-6-10-30(11-7-26)48(54,55)56/h4-17H/b39-33-,40-34-. The number of nitriles is 5. The second-order valence-corrected chi connectivity index (χ2v) is 13.7. The highest BCUT2D eigenvalue weighted by molar-refractivity contribution is 6.25. The van der Waals surface area contributed by atoms with Crippen LogP contribution in [0.3, 0.4) is 0 Å². The summed E-state index contributed by atoms with van der Waals surface area (Å²) in [7, 11) is 0. The maximum atomic E-state index is 17.5. The fourth-order valence-electron chi connectivity index (χ4n) is 7.63. The molecule has 16 heteroatoms. The fraction of sp³-hybridized carbons (Fsp3) is 0.0417. The van der Waals surface area contributed by atoms with Gasteiger partial charge in [0.2, 0.25) is 5.70 Å². The minimum Gasteiger partial charge on any atom is -0.239 e. The summed E-state index contributed by atoms with van der Waals surface area (Å²) in [5, 5.41) is 51.8. The van der Waals surface area contributed by atoms with Crippen molar-refractivity contribution >= 4 is 44.9 Å². The van der Waals surface area contributed by atoms with Crippen LogP contribution in [0.1, 0.15) is 55.6 Å². The molecule has 0 fully saturated rings. The van der Waals surface area contributed by atoms with Crippen LogP contribution in [-0.4, -0.2) is 0 Å². The van der Waals surface area contributed by atoms with Crippen LogP contribution in [0.15, 0.2) is 96.6 Å². The lowest BCUT2D eigenvalue weighted by atomic mass is 9.78. The third kappa shape index (κ3) is 6.83. The SMILES string of the molecule is [C-]#[N+]C1=C(F)/C(=C(/C#N)c2cc([N+]#[C-])cc([N+]#[C-])c2)c2c1c(-c1ccc(C(F)(F)F)cc1)c1c(c2-c2ccc(C(F)(F)F)cc2)C(C#N)=C(F)/C1=C(/C#N)c1cc(C#N)cc(C#N)c1. The summed E-state index contributed by atoms with van der Waals surface area (Å²) < 4.78 is 119. The molecule has 0 radical (unpaired) electrons. The Labute approximate surface area is 357 Å². The van der Waals surface area contributed by atoms with Crippen LogP contribution in [-0.2, 0) is 12.4 Å². The van der Waals surface area contributed by atoms with Crippen molar-refractivity contribution in [1.82, 2.24) is 0 Å². The van der Waals surface area contributed by atoms with E-state index in [4.69, 9.17) is 19.7 Å². The number of nitrogens with zero attached hydrogens (tertiary/aromatic N) is 8. The van der Waals surface area contributed by atoms with Crippen LogP contribution >= 0.6 is 0 Å². The average Bonchev–Trinajstić information content (AvgIpc) is 3.73. The molecule has 5 aromatic rings. The van der Waals surface area contributed by atoms with Crippen molar-refractivity contribution in [1.29, 1.82) is 26.3 Å². The van der Waals surface area contributed by atoms with Gasteiger partial charge in [0, 0.05) is 27.8 Å². The molecule has 0 saturated carbocycles. The van der Waals surface area contributed by atoms with E-state index in [-0.39, 0.29) is 44.8 Å². The summed E-state index contributed by atoms with van der Waals surface area (Å²) in [5.41, 5.74) is -11.9. The van der Waals surface area contributed by atoms with E-state index in [9.17, 15) is 52.7 Å². The van der Waals surface area contributed by atoms with Gasteiger partial charge in [-0.3, -0.25) is 0 Å². The maximum absolute atomic E-state index is 17.5. The van der Waals surface area contributed by atoms with E-state index in [0.29, 0.717) is 24.3 Å². The van der Waals surface area contributed by atoms with E-state index in [1.165, 1.54) is 0 Å². The van der Waals surface area contributed by atoms with Crippen LogP contribution in [0, 0.1) is 76.4 Å². The Kier molecular flexibility index (Phi) is 10.5. The molecule has 0 aromatic heterocycles. The summed E-state index contributed by atoms with van der Waals surface area (Å²) >= 11 is 0. The number of halogens is 8. The minimum atomic E-state index is -4.91. The summed E-state index contributed by atoms with van der Waals surface area (Å²) in [6.07, 6.45) is -9.82. The zero-order chi connectivity index (χ0) is 46.4. The quantitative estimate of drug-likeness (QED) is 0.101. The Morgan fingerprint density at radius 2 is 0.891 bits per heavy atom. The van der Waals surface area contributed by atoms with Gasteiger partial charge in [-0.25, -0.2) is 23.3 Å². The van der Waals surface area contributed by atoms with Crippen molar-refractivity contribution < 1.29 is 35.1 Å². The molecule has 64 heavy (non-hydrogen) atoms. The molecule has 0 spiro atoms. The highest BCUT2D eigenvalue weighted by Gasteiger charge is 2.44. The third-order valence-corrected chi connectivity index (χ3v) is 10.2. The number of rotatable bonds is 4. The molecule has 2 aliphatic rings. The number of hydrogen-bond acceptors (Lipinski definition) is 5. The van der Waals surface area contributed by atoms with E-state index < -0.39 is 102 Å². The predicted octanol–water partition coefficient (Wildman–Crippen LogP) is 13.6. The second kappa shape index (κ2) is 15.8. The smallest absolute Gasteiger partial charge is 0.239 e. The predicted molar refractivity (Wildman–Crippen MR) is 215 cm³/mol. The van der Waals surface area contributed by atoms with Crippen LogP contribution in [0.4, 0.5) is 46.5 Å². The van der Waals surface area contributed by atoms with E-state index in [1.54, 1.807) is 24.3 Å². The molecule has 302 valence electrons. The molecule has 0 aliphatic heterocycles. The lowest BCUT2D eigenvalue weighted by Crippen LogP contribution is -2.07. The molecule has 5 aromatic carbocycles. The molecule has 8 nitrogen and oxygen atoms in total. The lowest BCUT2D eigenvalue weighted by Gasteiger charge is -2.24. The van der Waals surface area contributed by atoms with E-state index in [1.807, 2.05) is 6.07 Å². The topological polar surface area (TPSA) is 132 Å². The Morgan fingerprint density at radius 3 is 1.28 bits per heavy atom. The van der Waals surface area contributed by atoms with Gasteiger partial charge in [0.1, 0.15) is 24.0 Å². The van der Waals surface area contributed by atoms with E-state index >= 15 is 8.78 Å². The van der Waals surface area contributed by atoms with Gasteiger partial charge in [-0.2, -0.15) is 52.7 Å². The Bertz CT molecular complexity index is 3140. The number of alkyl halides is 6. The van der Waals surface area contributed by atoms with Crippen molar-refractivity contribution in [3.05, 3.63) is 186 Å². The van der Waals surface area contributed by atoms with Gasteiger partial charge in [0.25, 0.3) is 0 Å². The van der Waals surface area contributed by atoms with Crippen LogP contribution in [0.5, 0.6) is 0 Å². The van der Waals surface area contributed by atoms with Gasteiger partial charge in [-0.05, 0) is 81.4 Å². The van der Waals surface area contributed by atoms with Gasteiger partial charge in [-0.1, -0.05) is 42.5 Å². The van der Waals surface area contributed by atoms with E-state index in [2.05, 4.69) is 14.5 Å². The van der Waals surface area contributed by atoms with Crippen LogP contribution in [0.25, 0.3) is 70.4 Å². The van der Waals surface area contributed by atoms with Crippen molar-refractivity contribution in [2.24, 2.45) is 0 Å². The maximum Gasteiger partial charge on any atom is 0.416 e. The van der Waals surface area contributed by atoms with Crippen molar-refractivity contribution in [3.8, 4) is 52.6 Å². The zero-order valence-corrected chi connectivity index (χ0v) is 31.7. The molecule has 0 heterocycles. The molecule has 0 unspecified atom stereocenters. The molecule has 7 rings (SSSR count). The average molecular weight is 855 g/mol. The molecule has 0 bridgehead atoms. The molecule has 0 amide bonds. The second-order valence-electron chi connectivity index (χ2n) is 13.7. The first-order valence-corrected chi connectivity index (χ1v) is 17.8.